The van der Waals surface area contributed by atoms with Crippen molar-refractivity contribution in [2.45, 2.75) is 0 Å². The van der Waals surface area contributed by atoms with Gasteiger partial charge in [-0.2, -0.15) is 0 Å². The van der Waals surface area contributed by atoms with Crippen molar-refractivity contribution in [1.29, 1.82) is 0 Å². The second-order valence-corrected chi connectivity index (χ2v) is 4.92. The van der Waals surface area contributed by atoms with Crippen LogP contribution in [0, 0.1) is 21.7 Å². The second kappa shape index (κ2) is 5.96. The Morgan fingerprint density at radius 1 is 1.14 bits per heavy atom. The van der Waals surface area contributed by atoms with Gasteiger partial charge in [0.05, 0.1) is 16.2 Å². The van der Waals surface area contributed by atoms with Crippen molar-refractivity contribution < 1.29 is 18.5 Å². The van der Waals surface area contributed by atoms with E-state index in [9.17, 15) is 23.7 Å². The highest BCUT2D eigenvalue weighted by molar-refractivity contribution is 9.10. The molecule has 0 unspecified atom stereocenters. The largest absolute Gasteiger partial charge is 0.319 e. The Morgan fingerprint density at radius 2 is 1.81 bits per heavy atom. The number of hydrogen-bond donors (Lipinski definition) is 1. The number of carbonyl (C=O) groups excluding carboxylic acids is 1. The number of hydrogen-bond acceptors (Lipinski definition) is 3. The molecule has 0 atom stereocenters. The van der Waals surface area contributed by atoms with E-state index in [-0.39, 0.29) is 11.3 Å². The van der Waals surface area contributed by atoms with Crippen LogP contribution in [0.15, 0.2) is 40.9 Å². The van der Waals surface area contributed by atoms with E-state index in [0.717, 1.165) is 24.3 Å². The number of amides is 1. The SMILES string of the molecule is O=C(Nc1cc([N+](=O)[O-])ccc1F)c1cc(Br)ccc1F. The second-order valence-electron chi connectivity index (χ2n) is 4.00. The maximum Gasteiger partial charge on any atom is 0.271 e. The first-order chi connectivity index (χ1) is 9.88. The van der Waals surface area contributed by atoms with Crippen LogP contribution < -0.4 is 5.32 Å². The lowest BCUT2D eigenvalue weighted by atomic mass is 10.2. The molecule has 0 saturated heterocycles. The molecule has 2 rings (SSSR count). The number of nitrogens with zero attached hydrogens (tertiary/aromatic N) is 1. The topological polar surface area (TPSA) is 72.2 Å². The molecule has 8 heteroatoms. The Morgan fingerprint density at radius 3 is 2.48 bits per heavy atom. The molecule has 0 heterocycles. The summed E-state index contributed by atoms with van der Waals surface area (Å²) in [5, 5.41) is 12.7. The van der Waals surface area contributed by atoms with Crippen LogP contribution in [0.5, 0.6) is 0 Å². The van der Waals surface area contributed by atoms with Crippen LogP contribution in [0.25, 0.3) is 0 Å². The van der Waals surface area contributed by atoms with E-state index in [4.69, 9.17) is 0 Å². The molecule has 5 nitrogen and oxygen atoms in total. The number of nitro groups is 1. The summed E-state index contributed by atoms with van der Waals surface area (Å²) in [5.74, 6) is -2.56. The highest BCUT2D eigenvalue weighted by atomic mass is 79.9. The fourth-order valence-electron chi connectivity index (χ4n) is 1.58. The highest BCUT2D eigenvalue weighted by Gasteiger charge is 2.16. The summed E-state index contributed by atoms with van der Waals surface area (Å²) in [5.41, 5.74) is -1.09. The summed E-state index contributed by atoms with van der Waals surface area (Å²) in [6.45, 7) is 0. The van der Waals surface area contributed by atoms with Crippen LogP contribution >= 0.6 is 15.9 Å². The van der Waals surface area contributed by atoms with Crippen LogP contribution in [-0.2, 0) is 0 Å². The molecule has 0 aliphatic rings. The van der Waals surface area contributed by atoms with E-state index < -0.39 is 28.2 Å². The number of benzene rings is 2. The molecule has 1 N–H and O–H groups in total. The Bertz CT molecular complexity index is 737. The van der Waals surface area contributed by atoms with Gasteiger partial charge in [0.1, 0.15) is 11.6 Å². The zero-order valence-corrected chi connectivity index (χ0v) is 11.9. The number of halogens is 3. The van der Waals surface area contributed by atoms with Gasteiger partial charge in [0.25, 0.3) is 11.6 Å². The minimum Gasteiger partial charge on any atom is -0.319 e. The number of anilines is 1. The standard InChI is InChI=1S/C13H7BrF2N2O3/c14-7-1-3-10(15)9(5-7)13(19)17-12-6-8(18(20)21)2-4-11(12)16/h1-6H,(H,17,19). The zero-order valence-electron chi connectivity index (χ0n) is 10.3. The summed E-state index contributed by atoms with van der Waals surface area (Å²) in [7, 11) is 0. The molecule has 108 valence electrons. The molecule has 1 amide bonds. The smallest absolute Gasteiger partial charge is 0.271 e. The van der Waals surface area contributed by atoms with Crippen molar-refractivity contribution in [2.75, 3.05) is 5.32 Å². The van der Waals surface area contributed by atoms with Crippen LogP contribution in [0.4, 0.5) is 20.2 Å². The van der Waals surface area contributed by atoms with E-state index in [1.165, 1.54) is 12.1 Å². The van der Waals surface area contributed by atoms with Crippen molar-refractivity contribution in [1.82, 2.24) is 0 Å². The van der Waals surface area contributed by atoms with Crippen molar-refractivity contribution in [2.24, 2.45) is 0 Å². The molecule has 0 spiro atoms. The van der Waals surface area contributed by atoms with E-state index in [1.54, 1.807) is 0 Å². The number of nitro benzene ring substituents is 1. The minimum atomic E-state index is -0.909. The molecule has 0 aromatic heterocycles. The number of nitrogens with one attached hydrogen (secondary N) is 1. The summed E-state index contributed by atoms with van der Waals surface area (Å²) >= 11 is 3.09. The van der Waals surface area contributed by atoms with Gasteiger partial charge in [-0.15, -0.1) is 0 Å². The van der Waals surface area contributed by atoms with Crippen molar-refractivity contribution in [3.8, 4) is 0 Å². The maximum atomic E-state index is 13.5. The lowest BCUT2D eigenvalue weighted by Crippen LogP contribution is -2.15. The van der Waals surface area contributed by atoms with Gasteiger partial charge in [0.15, 0.2) is 0 Å². The van der Waals surface area contributed by atoms with Gasteiger partial charge in [0, 0.05) is 16.6 Å². The van der Waals surface area contributed by atoms with E-state index in [1.807, 2.05) is 0 Å². The molecular weight excluding hydrogens is 350 g/mol. The average Bonchev–Trinajstić information content (AvgIpc) is 2.43. The minimum absolute atomic E-state index is 0.310. The molecule has 2 aromatic rings. The van der Waals surface area contributed by atoms with Gasteiger partial charge >= 0.3 is 0 Å². The van der Waals surface area contributed by atoms with E-state index >= 15 is 0 Å². The van der Waals surface area contributed by atoms with Crippen molar-refractivity contribution in [3.63, 3.8) is 0 Å². The summed E-state index contributed by atoms with van der Waals surface area (Å²) in [6, 6.07) is 6.38. The Kier molecular flexibility index (Phi) is 4.27. The molecule has 0 radical (unpaired) electrons. The van der Waals surface area contributed by atoms with E-state index in [2.05, 4.69) is 21.2 Å². The maximum absolute atomic E-state index is 13.5. The van der Waals surface area contributed by atoms with Crippen LogP contribution in [0.2, 0.25) is 0 Å². The quantitative estimate of drug-likeness (QED) is 0.669. The predicted molar refractivity (Wildman–Crippen MR) is 75.1 cm³/mol. The molecule has 21 heavy (non-hydrogen) atoms. The third-order valence-corrected chi connectivity index (χ3v) is 3.08. The lowest BCUT2D eigenvalue weighted by molar-refractivity contribution is -0.384. The van der Waals surface area contributed by atoms with Gasteiger partial charge in [-0.3, -0.25) is 14.9 Å². The Labute approximate surface area is 125 Å². The molecule has 0 aliphatic heterocycles. The van der Waals surface area contributed by atoms with Crippen LogP contribution in [-0.4, -0.2) is 10.8 Å². The normalized spacial score (nSPS) is 10.2. The third kappa shape index (κ3) is 3.40. The van der Waals surface area contributed by atoms with E-state index in [0.29, 0.717) is 4.47 Å². The number of non-ortho nitro benzene ring substituents is 1. The molecule has 0 fully saturated rings. The van der Waals surface area contributed by atoms with Crippen molar-refractivity contribution in [3.05, 3.63) is 68.2 Å². The van der Waals surface area contributed by atoms with Gasteiger partial charge in [-0.1, -0.05) is 15.9 Å². The monoisotopic (exact) mass is 356 g/mol. The van der Waals surface area contributed by atoms with Gasteiger partial charge < -0.3 is 5.32 Å². The number of carbonyl (C=O) groups is 1. The molecule has 0 aliphatic carbocycles. The Hall–Kier alpha value is -2.35. The first-order valence-corrected chi connectivity index (χ1v) is 6.38. The predicted octanol–water partition coefficient (Wildman–Crippen LogP) is 3.89. The van der Waals surface area contributed by atoms with Gasteiger partial charge in [-0.05, 0) is 24.3 Å². The van der Waals surface area contributed by atoms with Gasteiger partial charge in [-0.25, -0.2) is 8.78 Å². The summed E-state index contributed by atoms with van der Waals surface area (Å²) < 4.78 is 27.6. The van der Waals surface area contributed by atoms with Crippen LogP contribution in [0.3, 0.4) is 0 Å². The first kappa shape index (κ1) is 15.0. The average molecular weight is 357 g/mol. The fourth-order valence-corrected chi connectivity index (χ4v) is 1.94. The highest BCUT2D eigenvalue weighted by Crippen LogP contribution is 2.23. The van der Waals surface area contributed by atoms with Gasteiger partial charge in [0.2, 0.25) is 0 Å². The molecule has 0 saturated carbocycles. The summed E-state index contributed by atoms with van der Waals surface area (Å²) in [6.07, 6.45) is 0. The zero-order chi connectivity index (χ0) is 15.6. The van der Waals surface area contributed by atoms with Crippen molar-refractivity contribution >= 4 is 33.2 Å². The fraction of sp³-hybridized carbons (Fsp3) is 0. The lowest BCUT2D eigenvalue weighted by Gasteiger charge is -2.07. The summed E-state index contributed by atoms with van der Waals surface area (Å²) in [4.78, 5) is 21.8. The Balaban J connectivity index is 2.33. The molecular formula is C13H7BrF2N2O3. The number of rotatable bonds is 3. The third-order valence-electron chi connectivity index (χ3n) is 2.58. The molecule has 2 aromatic carbocycles. The van der Waals surface area contributed by atoms with Crippen LogP contribution in [0.1, 0.15) is 10.4 Å². The molecule has 0 bridgehead atoms. The first-order valence-electron chi connectivity index (χ1n) is 5.59.